The van der Waals surface area contributed by atoms with Gasteiger partial charge in [0.2, 0.25) is 0 Å². The first-order valence-electron chi connectivity index (χ1n) is 6.10. The number of rotatable bonds is 4. The Bertz CT molecular complexity index is 666. The molecule has 2 aromatic rings. The SMILES string of the molecule is COc1cc(Br)c(C(N)c2ccc(F)cc2I)cc1OC. The number of hydrogen-bond donors (Lipinski definition) is 1. The van der Waals surface area contributed by atoms with Crippen molar-refractivity contribution >= 4 is 38.5 Å². The van der Waals surface area contributed by atoms with Gasteiger partial charge in [0.15, 0.2) is 11.5 Å². The predicted molar refractivity (Wildman–Crippen MR) is 92.4 cm³/mol. The molecule has 2 rings (SSSR count). The highest BCUT2D eigenvalue weighted by Gasteiger charge is 2.18. The van der Waals surface area contributed by atoms with E-state index in [4.69, 9.17) is 15.2 Å². The Labute approximate surface area is 144 Å². The third-order valence-electron chi connectivity index (χ3n) is 3.14. The molecule has 1 unspecified atom stereocenters. The van der Waals surface area contributed by atoms with Gasteiger partial charge in [-0.25, -0.2) is 4.39 Å². The average Bonchev–Trinajstić information content (AvgIpc) is 2.46. The van der Waals surface area contributed by atoms with Crippen molar-refractivity contribution < 1.29 is 13.9 Å². The topological polar surface area (TPSA) is 44.5 Å². The largest absolute Gasteiger partial charge is 0.493 e. The van der Waals surface area contributed by atoms with E-state index in [0.717, 1.165) is 19.2 Å². The molecule has 3 nitrogen and oxygen atoms in total. The van der Waals surface area contributed by atoms with Crippen molar-refractivity contribution in [2.75, 3.05) is 14.2 Å². The lowest BCUT2D eigenvalue weighted by molar-refractivity contribution is 0.354. The third-order valence-corrected chi connectivity index (χ3v) is 4.76. The molecule has 0 radical (unpaired) electrons. The van der Waals surface area contributed by atoms with Crippen molar-refractivity contribution in [3.63, 3.8) is 0 Å². The van der Waals surface area contributed by atoms with Crippen LogP contribution in [0.25, 0.3) is 0 Å². The minimum atomic E-state index is -0.397. The molecular weight excluding hydrogens is 452 g/mol. The maximum Gasteiger partial charge on any atom is 0.161 e. The summed E-state index contributed by atoms with van der Waals surface area (Å²) in [5, 5.41) is 0. The van der Waals surface area contributed by atoms with Crippen LogP contribution >= 0.6 is 38.5 Å². The van der Waals surface area contributed by atoms with E-state index < -0.39 is 6.04 Å². The number of benzene rings is 2. The fourth-order valence-corrected chi connectivity index (χ4v) is 3.41. The molecule has 21 heavy (non-hydrogen) atoms. The van der Waals surface area contributed by atoms with Crippen LogP contribution in [0.1, 0.15) is 17.2 Å². The molecule has 6 heteroatoms. The molecule has 0 aromatic heterocycles. The lowest BCUT2D eigenvalue weighted by Gasteiger charge is -2.18. The van der Waals surface area contributed by atoms with E-state index in [1.54, 1.807) is 20.3 Å². The molecule has 0 fully saturated rings. The van der Waals surface area contributed by atoms with Crippen molar-refractivity contribution in [2.45, 2.75) is 6.04 Å². The highest BCUT2D eigenvalue weighted by Crippen LogP contribution is 2.37. The predicted octanol–water partition coefficient (Wildman–Crippen LogP) is 4.26. The maximum absolute atomic E-state index is 13.2. The molecule has 0 saturated heterocycles. The summed E-state index contributed by atoms with van der Waals surface area (Å²) < 4.78 is 25.4. The van der Waals surface area contributed by atoms with Crippen molar-refractivity contribution in [1.82, 2.24) is 0 Å². The van der Waals surface area contributed by atoms with Crippen LogP contribution in [0, 0.1) is 9.39 Å². The van der Waals surface area contributed by atoms with Crippen LogP contribution in [0.5, 0.6) is 11.5 Å². The van der Waals surface area contributed by atoms with Crippen LogP contribution in [-0.2, 0) is 0 Å². The highest BCUT2D eigenvalue weighted by atomic mass is 127. The Morgan fingerprint density at radius 1 is 1.10 bits per heavy atom. The minimum absolute atomic E-state index is 0.276. The van der Waals surface area contributed by atoms with Gasteiger partial charge in [0.05, 0.1) is 20.3 Å². The monoisotopic (exact) mass is 465 g/mol. The molecule has 0 aliphatic heterocycles. The van der Waals surface area contributed by atoms with E-state index in [2.05, 4.69) is 38.5 Å². The van der Waals surface area contributed by atoms with E-state index >= 15 is 0 Å². The second-order valence-corrected chi connectivity index (χ2v) is 6.39. The summed E-state index contributed by atoms with van der Waals surface area (Å²) >= 11 is 5.58. The van der Waals surface area contributed by atoms with Gasteiger partial charge in [0.1, 0.15) is 5.82 Å². The zero-order valence-electron chi connectivity index (χ0n) is 11.5. The van der Waals surface area contributed by atoms with Crippen molar-refractivity contribution in [2.24, 2.45) is 5.73 Å². The van der Waals surface area contributed by atoms with Gasteiger partial charge in [-0.3, -0.25) is 0 Å². The molecule has 2 N–H and O–H groups in total. The third kappa shape index (κ3) is 3.49. The smallest absolute Gasteiger partial charge is 0.161 e. The van der Waals surface area contributed by atoms with E-state index in [-0.39, 0.29) is 5.82 Å². The van der Waals surface area contributed by atoms with Gasteiger partial charge in [0, 0.05) is 8.04 Å². The first kappa shape index (κ1) is 16.5. The summed E-state index contributed by atoms with van der Waals surface area (Å²) in [6, 6.07) is 7.81. The zero-order valence-corrected chi connectivity index (χ0v) is 15.2. The number of ether oxygens (including phenoxy) is 2. The summed E-state index contributed by atoms with van der Waals surface area (Å²) in [5.74, 6) is 0.944. The normalized spacial score (nSPS) is 12.1. The molecule has 0 spiro atoms. The number of methoxy groups -OCH3 is 2. The number of nitrogens with two attached hydrogens (primary N) is 1. The van der Waals surface area contributed by atoms with Crippen molar-refractivity contribution in [1.29, 1.82) is 0 Å². The second kappa shape index (κ2) is 6.93. The van der Waals surface area contributed by atoms with Crippen LogP contribution in [0.3, 0.4) is 0 Å². The molecule has 2 aromatic carbocycles. The zero-order chi connectivity index (χ0) is 15.6. The van der Waals surface area contributed by atoms with Crippen LogP contribution in [-0.4, -0.2) is 14.2 Å². The second-order valence-electron chi connectivity index (χ2n) is 4.37. The van der Waals surface area contributed by atoms with Crippen molar-refractivity contribution in [3.8, 4) is 11.5 Å². The Morgan fingerprint density at radius 2 is 1.71 bits per heavy atom. The van der Waals surface area contributed by atoms with Crippen molar-refractivity contribution in [3.05, 3.63) is 55.3 Å². The van der Waals surface area contributed by atoms with Gasteiger partial charge < -0.3 is 15.2 Å². The van der Waals surface area contributed by atoms with Crippen LogP contribution in [0.4, 0.5) is 4.39 Å². The van der Waals surface area contributed by atoms with Gasteiger partial charge in [-0.15, -0.1) is 0 Å². The number of hydrogen-bond acceptors (Lipinski definition) is 3. The molecule has 112 valence electrons. The van der Waals surface area contributed by atoms with Crippen LogP contribution in [0.2, 0.25) is 0 Å². The fraction of sp³-hybridized carbons (Fsp3) is 0.200. The van der Waals surface area contributed by atoms with Gasteiger partial charge in [-0.2, -0.15) is 0 Å². The number of halogens is 3. The quantitative estimate of drug-likeness (QED) is 0.686. The van der Waals surface area contributed by atoms with Crippen LogP contribution in [0.15, 0.2) is 34.8 Å². The van der Waals surface area contributed by atoms with Gasteiger partial charge >= 0.3 is 0 Å². The average molecular weight is 466 g/mol. The van der Waals surface area contributed by atoms with E-state index in [1.807, 2.05) is 12.1 Å². The molecular formula is C15H14BrFINO2. The molecule has 0 bridgehead atoms. The summed E-state index contributed by atoms with van der Waals surface area (Å²) in [6.45, 7) is 0. The summed E-state index contributed by atoms with van der Waals surface area (Å²) in [5.41, 5.74) is 8.03. The van der Waals surface area contributed by atoms with Gasteiger partial charge in [0.25, 0.3) is 0 Å². The fourth-order valence-electron chi connectivity index (χ4n) is 2.03. The summed E-state index contributed by atoms with van der Waals surface area (Å²) in [4.78, 5) is 0. The van der Waals surface area contributed by atoms with E-state index in [1.165, 1.54) is 12.1 Å². The lowest BCUT2D eigenvalue weighted by atomic mass is 9.99. The highest BCUT2D eigenvalue weighted by molar-refractivity contribution is 14.1. The molecule has 0 amide bonds. The first-order chi connectivity index (χ1) is 9.97. The molecule has 0 aliphatic carbocycles. The van der Waals surface area contributed by atoms with Gasteiger partial charge in [-0.1, -0.05) is 22.0 Å². The van der Waals surface area contributed by atoms with Gasteiger partial charge in [-0.05, 0) is 58.0 Å². The van der Waals surface area contributed by atoms with E-state index in [0.29, 0.717) is 11.5 Å². The molecule has 1 atom stereocenters. The maximum atomic E-state index is 13.2. The standard InChI is InChI=1S/C15H14BrFINO2/c1-20-13-6-10(11(16)7-14(13)21-2)15(19)9-4-3-8(17)5-12(9)18/h3-7,15H,19H2,1-2H3. The lowest BCUT2D eigenvalue weighted by Crippen LogP contribution is -2.14. The molecule has 0 saturated carbocycles. The summed E-state index contributed by atoms with van der Waals surface area (Å²) in [6.07, 6.45) is 0. The minimum Gasteiger partial charge on any atom is -0.493 e. The Kier molecular flexibility index (Phi) is 5.45. The van der Waals surface area contributed by atoms with Crippen LogP contribution < -0.4 is 15.2 Å². The Hall–Kier alpha value is -0.860. The Balaban J connectivity index is 2.50. The Morgan fingerprint density at radius 3 is 2.29 bits per heavy atom. The first-order valence-corrected chi connectivity index (χ1v) is 7.97. The molecule has 0 heterocycles. The molecule has 0 aliphatic rings. The van der Waals surface area contributed by atoms with E-state index in [9.17, 15) is 4.39 Å². The summed E-state index contributed by atoms with van der Waals surface area (Å²) in [7, 11) is 3.15.